The van der Waals surface area contributed by atoms with Crippen LogP contribution in [-0.2, 0) is 18.3 Å². The number of pyridine rings is 1. The van der Waals surface area contributed by atoms with E-state index in [1.807, 2.05) is 0 Å². The van der Waals surface area contributed by atoms with Crippen LogP contribution in [-0.4, -0.2) is 61.5 Å². The molecule has 37 heavy (non-hydrogen) atoms. The highest BCUT2D eigenvalue weighted by atomic mass is 19.3. The molecule has 15 heteroatoms. The summed E-state index contributed by atoms with van der Waals surface area (Å²) in [6, 6.07) is 3.28. The number of hydrogen-bond donors (Lipinski definition) is 2. The first kappa shape index (κ1) is 24.4. The van der Waals surface area contributed by atoms with Gasteiger partial charge in [0.2, 0.25) is 11.8 Å². The van der Waals surface area contributed by atoms with Crippen LogP contribution < -0.4 is 14.8 Å². The van der Waals surface area contributed by atoms with Gasteiger partial charge in [-0.2, -0.15) is 13.9 Å². The molecule has 0 fully saturated rings. The van der Waals surface area contributed by atoms with Crippen LogP contribution in [0, 0.1) is 0 Å². The number of halogens is 4. The van der Waals surface area contributed by atoms with Crippen molar-refractivity contribution in [3.63, 3.8) is 0 Å². The van der Waals surface area contributed by atoms with E-state index < -0.39 is 30.9 Å². The summed E-state index contributed by atoms with van der Waals surface area (Å²) in [4.78, 5) is 19.1. The second-order valence-electron chi connectivity index (χ2n) is 8.09. The van der Waals surface area contributed by atoms with Crippen LogP contribution in [0.15, 0.2) is 24.5 Å². The predicted molar refractivity (Wildman–Crippen MR) is 121 cm³/mol. The van der Waals surface area contributed by atoms with Gasteiger partial charge in [0.1, 0.15) is 17.9 Å². The maximum absolute atomic E-state index is 14.3. The molecule has 5 heterocycles. The summed E-state index contributed by atoms with van der Waals surface area (Å²) >= 11 is 0. The quantitative estimate of drug-likeness (QED) is 0.353. The van der Waals surface area contributed by atoms with Crippen molar-refractivity contribution in [3.8, 4) is 34.1 Å². The average molecular weight is 523 g/mol. The minimum Gasteiger partial charge on any atom is -0.473 e. The molecule has 1 aliphatic heterocycles. The Morgan fingerprint density at radius 3 is 2.84 bits per heavy atom. The zero-order valence-corrected chi connectivity index (χ0v) is 19.5. The molecule has 0 radical (unpaired) electrons. The van der Waals surface area contributed by atoms with Crippen molar-refractivity contribution in [3.05, 3.63) is 30.2 Å². The van der Waals surface area contributed by atoms with Gasteiger partial charge in [-0.15, -0.1) is 5.10 Å². The van der Waals surface area contributed by atoms with Crippen LogP contribution in [0.3, 0.4) is 0 Å². The van der Waals surface area contributed by atoms with E-state index in [0.29, 0.717) is 17.6 Å². The number of carbonyl (C=O) groups excluding carboxylic acids is 1. The van der Waals surface area contributed by atoms with Crippen LogP contribution in [0.4, 0.5) is 22.4 Å². The number of aromatic nitrogens is 6. The maximum atomic E-state index is 14.3. The number of fused-ring (bicyclic) bond motifs is 2. The number of nitrogens with one attached hydrogen (secondary N) is 2. The number of alkyl halides is 4. The Balaban J connectivity index is 1.67. The fourth-order valence-electron chi connectivity index (χ4n) is 4.25. The highest BCUT2D eigenvalue weighted by Crippen LogP contribution is 2.47. The summed E-state index contributed by atoms with van der Waals surface area (Å²) in [5, 5.41) is 10.9. The van der Waals surface area contributed by atoms with Gasteiger partial charge in [-0.25, -0.2) is 23.2 Å². The van der Waals surface area contributed by atoms with Gasteiger partial charge in [-0.1, -0.05) is 0 Å². The Kier molecular flexibility index (Phi) is 6.35. The average Bonchev–Trinajstić information content (AvgIpc) is 3.50. The standard InChI is InChI=1S/C22H21F4N7O4/c1-3-27-22(34)36-10-7-33-20(35-9-10)14(16(30-33)17(23)24)15-13(11-5-4-6-28-18(11)29-15)12-8-32(2)31-19(12)37-21(25)26/h4-6,8,10,17,21H,3,7,9H2,1-2H3,(H,27,34)(H,28,29)/t10-/m0/s1. The lowest BCUT2D eigenvalue weighted by molar-refractivity contribution is -0.0527. The normalized spacial score (nSPS) is 15.2. The van der Waals surface area contributed by atoms with E-state index in [9.17, 15) is 22.4 Å². The van der Waals surface area contributed by atoms with E-state index in [1.54, 1.807) is 19.1 Å². The second kappa shape index (κ2) is 9.63. The SMILES string of the molecule is CCNC(=O)O[C@@H]1COc2c(-c3[nH]c4ncccc4c3-c3cn(C)nc3OC(F)F)c(C(F)F)nn2C1. The number of hydrogen-bond acceptors (Lipinski definition) is 7. The van der Waals surface area contributed by atoms with Gasteiger partial charge in [-0.3, -0.25) is 4.68 Å². The van der Waals surface area contributed by atoms with Crippen LogP contribution in [0.5, 0.6) is 11.8 Å². The molecule has 0 bridgehead atoms. The summed E-state index contributed by atoms with van der Waals surface area (Å²) in [6.45, 7) is -1.24. The van der Waals surface area contributed by atoms with E-state index in [0.717, 1.165) is 0 Å². The fraction of sp³-hybridized carbons (Fsp3) is 0.364. The van der Waals surface area contributed by atoms with E-state index in [1.165, 1.54) is 28.8 Å². The summed E-state index contributed by atoms with van der Waals surface area (Å²) in [6.07, 6.45) is -1.53. The lowest BCUT2D eigenvalue weighted by Gasteiger charge is -2.24. The fourth-order valence-corrected chi connectivity index (χ4v) is 4.25. The lowest BCUT2D eigenvalue weighted by Crippen LogP contribution is -2.37. The third-order valence-corrected chi connectivity index (χ3v) is 5.60. The van der Waals surface area contributed by atoms with Crippen molar-refractivity contribution < 1.29 is 36.6 Å². The molecule has 5 rings (SSSR count). The summed E-state index contributed by atoms with van der Waals surface area (Å²) in [5.74, 6) is -0.390. The Morgan fingerprint density at radius 1 is 1.30 bits per heavy atom. The molecule has 2 N–H and O–H groups in total. The predicted octanol–water partition coefficient (Wildman–Crippen LogP) is 3.87. The molecule has 1 atom stereocenters. The monoisotopic (exact) mass is 523 g/mol. The molecule has 0 saturated carbocycles. The number of rotatable bonds is 7. The van der Waals surface area contributed by atoms with Crippen molar-refractivity contribution in [2.24, 2.45) is 7.05 Å². The number of ether oxygens (including phenoxy) is 3. The number of carbonyl (C=O) groups is 1. The largest absolute Gasteiger partial charge is 0.473 e. The number of nitrogens with zero attached hydrogens (tertiary/aromatic N) is 5. The van der Waals surface area contributed by atoms with Crippen LogP contribution in [0.25, 0.3) is 33.4 Å². The molecule has 4 aromatic heterocycles. The molecule has 4 aromatic rings. The maximum Gasteiger partial charge on any atom is 0.407 e. The Morgan fingerprint density at radius 2 is 2.11 bits per heavy atom. The van der Waals surface area contributed by atoms with E-state index in [4.69, 9.17) is 9.47 Å². The van der Waals surface area contributed by atoms with Crippen molar-refractivity contribution in [1.29, 1.82) is 0 Å². The van der Waals surface area contributed by atoms with Crippen molar-refractivity contribution in [2.75, 3.05) is 13.2 Å². The Bertz CT molecular complexity index is 1450. The van der Waals surface area contributed by atoms with Gasteiger partial charge < -0.3 is 24.5 Å². The molecule has 0 spiro atoms. The van der Waals surface area contributed by atoms with Gasteiger partial charge in [0.15, 0.2) is 6.10 Å². The topological polar surface area (TPSA) is 121 Å². The van der Waals surface area contributed by atoms with Crippen molar-refractivity contribution >= 4 is 17.1 Å². The summed E-state index contributed by atoms with van der Waals surface area (Å²) < 4.78 is 72.9. The first-order valence-electron chi connectivity index (χ1n) is 11.2. The molecular formula is C22H21F4N7O4. The summed E-state index contributed by atoms with van der Waals surface area (Å²) in [5.41, 5.74) is 0.126. The minimum absolute atomic E-state index is 0.000857. The first-order chi connectivity index (χ1) is 17.8. The third kappa shape index (κ3) is 4.51. The Labute approximate surface area is 206 Å². The zero-order chi connectivity index (χ0) is 26.3. The van der Waals surface area contributed by atoms with Gasteiger partial charge in [0, 0.05) is 36.9 Å². The molecule has 1 aliphatic rings. The van der Waals surface area contributed by atoms with Gasteiger partial charge in [-0.05, 0) is 19.1 Å². The highest BCUT2D eigenvalue weighted by molar-refractivity contribution is 6.04. The first-order valence-corrected chi connectivity index (χ1v) is 11.2. The van der Waals surface area contributed by atoms with Crippen LogP contribution in [0.2, 0.25) is 0 Å². The number of aromatic amines is 1. The van der Waals surface area contributed by atoms with Gasteiger partial charge in [0.25, 0.3) is 6.43 Å². The Hall–Kier alpha value is -4.30. The van der Waals surface area contributed by atoms with E-state index >= 15 is 0 Å². The molecule has 11 nitrogen and oxygen atoms in total. The van der Waals surface area contributed by atoms with E-state index in [2.05, 4.69) is 30.2 Å². The summed E-state index contributed by atoms with van der Waals surface area (Å²) in [7, 11) is 1.51. The number of alkyl carbamates (subject to hydrolysis) is 1. The van der Waals surface area contributed by atoms with Crippen molar-refractivity contribution in [2.45, 2.75) is 32.6 Å². The van der Waals surface area contributed by atoms with Gasteiger partial charge in [0.05, 0.1) is 23.4 Å². The van der Waals surface area contributed by atoms with Gasteiger partial charge >= 0.3 is 12.7 Å². The lowest BCUT2D eigenvalue weighted by atomic mass is 10.0. The second-order valence-corrected chi connectivity index (χ2v) is 8.09. The molecule has 0 saturated heterocycles. The van der Waals surface area contributed by atoms with Crippen LogP contribution >= 0.6 is 0 Å². The number of aryl methyl sites for hydroxylation is 1. The molecule has 196 valence electrons. The van der Waals surface area contributed by atoms with Crippen LogP contribution in [0.1, 0.15) is 19.0 Å². The molecule has 1 amide bonds. The highest BCUT2D eigenvalue weighted by Gasteiger charge is 2.35. The zero-order valence-electron chi connectivity index (χ0n) is 19.5. The third-order valence-electron chi connectivity index (χ3n) is 5.60. The molecule has 0 unspecified atom stereocenters. The molecule has 0 aliphatic carbocycles. The smallest absolute Gasteiger partial charge is 0.407 e. The minimum atomic E-state index is -3.16. The van der Waals surface area contributed by atoms with E-state index in [-0.39, 0.29) is 47.3 Å². The molecule has 0 aromatic carbocycles. The number of H-pyrrole nitrogens is 1. The van der Waals surface area contributed by atoms with Crippen molar-refractivity contribution in [1.82, 2.24) is 34.8 Å². The molecular weight excluding hydrogens is 502 g/mol. The number of amides is 1.